The molecule has 0 radical (unpaired) electrons. The van der Waals surface area contributed by atoms with Gasteiger partial charge in [-0.05, 0) is 32.9 Å². The summed E-state index contributed by atoms with van der Waals surface area (Å²) in [4.78, 5) is 24.9. The Kier molecular flexibility index (Phi) is 4.93. The van der Waals surface area contributed by atoms with Crippen LogP contribution in [0.2, 0.25) is 0 Å². The maximum Gasteiger partial charge on any atom is 0.410 e. The lowest BCUT2D eigenvalue weighted by molar-refractivity contribution is -0.114. The molecule has 0 spiro atoms. The fraction of sp³-hybridized carbons (Fsp3) is 0.857. The Morgan fingerprint density at radius 2 is 2.05 bits per heavy atom. The predicted octanol–water partition coefficient (Wildman–Crippen LogP) is 2.95. The van der Waals surface area contributed by atoms with E-state index >= 15 is 0 Å². The lowest BCUT2D eigenvalue weighted by Crippen LogP contribution is -2.48. The van der Waals surface area contributed by atoms with Gasteiger partial charge in [0.1, 0.15) is 11.9 Å². The lowest BCUT2D eigenvalue weighted by Gasteiger charge is -2.36. The van der Waals surface area contributed by atoms with Gasteiger partial charge < -0.3 is 14.4 Å². The number of amides is 1. The molecule has 1 saturated heterocycles. The normalized spacial score (nSPS) is 23.8. The highest BCUT2D eigenvalue weighted by atomic mass is 32.2. The lowest BCUT2D eigenvalue weighted by atomic mass is 9.86. The van der Waals surface area contributed by atoms with E-state index in [0.717, 1.165) is 18.5 Å². The zero-order valence-corrected chi connectivity index (χ0v) is 13.5. The number of nitrogens with zero attached hydrogens (tertiary/aromatic N) is 1. The molecular formula is C14H25NO3S. The van der Waals surface area contributed by atoms with Crippen molar-refractivity contribution in [2.45, 2.75) is 57.4 Å². The topological polar surface area (TPSA) is 46.6 Å². The Morgan fingerprint density at radius 3 is 2.42 bits per heavy atom. The van der Waals surface area contributed by atoms with Gasteiger partial charge in [0.2, 0.25) is 0 Å². The fourth-order valence-electron chi connectivity index (χ4n) is 2.40. The summed E-state index contributed by atoms with van der Waals surface area (Å²) in [5.41, 5.74) is -0.543. The first-order valence-electron chi connectivity index (χ1n) is 6.63. The molecule has 1 aliphatic heterocycles. The van der Waals surface area contributed by atoms with Crippen LogP contribution in [0.25, 0.3) is 0 Å². The van der Waals surface area contributed by atoms with Crippen LogP contribution in [-0.2, 0) is 9.53 Å². The van der Waals surface area contributed by atoms with E-state index in [4.69, 9.17) is 4.74 Å². The smallest absolute Gasteiger partial charge is 0.410 e. The van der Waals surface area contributed by atoms with E-state index in [1.165, 1.54) is 4.90 Å². The number of hydrogen-bond donors (Lipinski definition) is 0. The van der Waals surface area contributed by atoms with Crippen LogP contribution in [0.1, 0.15) is 41.0 Å². The Morgan fingerprint density at radius 1 is 1.47 bits per heavy atom. The van der Waals surface area contributed by atoms with E-state index in [1.54, 1.807) is 7.05 Å². The van der Waals surface area contributed by atoms with E-state index in [0.29, 0.717) is 0 Å². The summed E-state index contributed by atoms with van der Waals surface area (Å²) < 4.78 is 5.35. The van der Waals surface area contributed by atoms with Gasteiger partial charge in [-0.3, -0.25) is 0 Å². The van der Waals surface area contributed by atoms with Gasteiger partial charge in [-0.2, -0.15) is 11.8 Å². The first kappa shape index (κ1) is 16.3. The number of aldehydes is 1. The first-order valence-corrected chi connectivity index (χ1v) is 7.62. The third kappa shape index (κ3) is 4.13. The third-order valence-corrected chi connectivity index (χ3v) is 4.96. The third-order valence-electron chi connectivity index (χ3n) is 3.48. The molecule has 0 aromatic carbocycles. The molecular weight excluding hydrogens is 262 g/mol. The Labute approximate surface area is 120 Å². The average molecular weight is 287 g/mol. The zero-order chi connectivity index (χ0) is 14.8. The van der Waals surface area contributed by atoms with E-state index in [1.807, 2.05) is 32.5 Å². The Hall–Kier alpha value is -0.710. The summed E-state index contributed by atoms with van der Waals surface area (Å²) in [5, 5.41) is 0. The number of ether oxygens (including phenoxy) is 1. The van der Waals surface area contributed by atoms with Crippen LogP contribution in [0.4, 0.5) is 4.79 Å². The molecule has 1 aliphatic rings. The number of hydrogen-bond acceptors (Lipinski definition) is 4. The van der Waals surface area contributed by atoms with Crippen molar-refractivity contribution in [3.8, 4) is 0 Å². The molecule has 19 heavy (non-hydrogen) atoms. The number of thioether (sulfide) groups is 1. The van der Waals surface area contributed by atoms with Gasteiger partial charge in [-0.15, -0.1) is 0 Å². The second kappa shape index (κ2) is 5.73. The van der Waals surface area contributed by atoms with Crippen molar-refractivity contribution in [1.82, 2.24) is 4.90 Å². The van der Waals surface area contributed by atoms with Crippen molar-refractivity contribution in [2.75, 3.05) is 12.8 Å². The minimum absolute atomic E-state index is 0.0157. The summed E-state index contributed by atoms with van der Waals surface area (Å²) in [5.74, 6) is 1.21. The molecule has 5 heteroatoms. The maximum absolute atomic E-state index is 12.1. The van der Waals surface area contributed by atoms with Gasteiger partial charge in [-0.1, -0.05) is 13.8 Å². The molecule has 0 aromatic rings. The van der Waals surface area contributed by atoms with Crippen LogP contribution in [0, 0.1) is 5.92 Å². The molecule has 2 unspecified atom stereocenters. The molecule has 1 rings (SSSR count). The molecule has 4 nitrogen and oxygen atoms in total. The van der Waals surface area contributed by atoms with Crippen molar-refractivity contribution in [3.05, 3.63) is 0 Å². The highest BCUT2D eigenvalue weighted by molar-refractivity contribution is 8.00. The van der Waals surface area contributed by atoms with Gasteiger partial charge in [0, 0.05) is 17.7 Å². The molecule has 1 amide bonds. The van der Waals surface area contributed by atoms with Crippen LogP contribution in [-0.4, -0.2) is 46.5 Å². The van der Waals surface area contributed by atoms with Crippen LogP contribution in [0.3, 0.4) is 0 Å². The van der Waals surface area contributed by atoms with Gasteiger partial charge in [0.25, 0.3) is 0 Å². The number of carbonyl (C=O) groups is 2. The molecule has 110 valence electrons. The molecule has 0 aromatic heterocycles. The standard InChI is InChI=1S/C14H25NO3S/c1-13(2,3)18-12(17)15(6)11(9-16)10-7-8-19-14(10,4)5/h9-11H,7-8H2,1-6H3. The zero-order valence-electron chi connectivity index (χ0n) is 12.7. The average Bonchev–Trinajstić information content (AvgIpc) is 2.57. The maximum atomic E-state index is 12.1. The highest BCUT2D eigenvalue weighted by Crippen LogP contribution is 2.44. The molecule has 0 aliphatic carbocycles. The van der Waals surface area contributed by atoms with Gasteiger partial charge >= 0.3 is 6.09 Å². The van der Waals surface area contributed by atoms with Crippen molar-refractivity contribution >= 4 is 24.1 Å². The summed E-state index contributed by atoms with van der Waals surface area (Å²) in [6.07, 6.45) is 1.40. The summed E-state index contributed by atoms with van der Waals surface area (Å²) in [7, 11) is 1.65. The van der Waals surface area contributed by atoms with E-state index in [9.17, 15) is 9.59 Å². The van der Waals surface area contributed by atoms with Gasteiger partial charge in [0.15, 0.2) is 0 Å². The SMILES string of the molecule is CN(C(=O)OC(C)(C)C)C(C=O)C1CCSC1(C)C. The Balaban J connectivity index is 2.80. The summed E-state index contributed by atoms with van der Waals surface area (Å²) in [6.45, 7) is 9.74. The number of carbonyl (C=O) groups excluding carboxylic acids is 2. The molecule has 0 N–H and O–H groups in total. The van der Waals surface area contributed by atoms with Crippen molar-refractivity contribution in [3.63, 3.8) is 0 Å². The minimum Gasteiger partial charge on any atom is -0.444 e. The van der Waals surface area contributed by atoms with Crippen molar-refractivity contribution in [1.29, 1.82) is 0 Å². The summed E-state index contributed by atoms with van der Waals surface area (Å²) >= 11 is 1.86. The molecule has 2 atom stereocenters. The minimum atomic E-state index is -0.543. The fourth-order valence-corrected chi connectivity index (χ4v) is 3.77. The highest BCUT2D eigenvalue weighted by Gasteiger charge is 2.43. The summed E-state index contributed by atoms with van der Waals surface area (Å²) in [6, 6.07) is -0.417. The van der Waals surface area contributed by atoms with E-state index in [-0.39, 0.29) is 10.7 Å². The molecule has 1 heterocycles. The number of likely N-dealkylation sites (N-methyl/N-ethyl adjacent to an activating group) is 1. The monoisotopic (exact) mass is 287 g/mol. The van der Waals surface area contributed by atoms with Crippen LogP contribution < -0.4 is 0 Å². The second-order valence-corrected chi connectivity index (χ2v) is 8.31. The van der Waals surface area contributed by atoms with Gasteiger partial charge in [0.05, 0.1) is 6.04 Å². The quantitative estimate of drug-likeness (QED) is 0.749. The Bertz CT molecular complexity index is 349. The largest absolute Gasteiger partial charge is 0.444 e. The van der Waals surface area contributed by atoms with E-state index < -0.39 is 17.7 Å². The van der Waals surface area contributed by atoms with Crippen LogP contribution >= 0.6 is 11.8 Å². The van der Waals surface area contributed by atoms with Crippen LogP contribution in [0.5, 0.6) is 0 Å². The number of rotatable bonds is 3. The van der Waals surface area contributed by atoms with Crippen molar-refractivity contribution in [2.24, 2.45) is 5.92 Å². The second-order valence-electron chi connectivity index (χ2n) is 6.57. The molecule has 1 fully saturated rings. The molecule has 0 bridgehead atoms. The van der Waals surface area contributed by atoms with Crippen LogP contribution in [0.15, 0.2) is 0 Å². The van der Waals surface area contributed by atoms with Gasteiger partial charge in [-0.25, -0.2) is 4.79 Å². The molecule has 0 saturated carbocycles. The predicted molar refractivity (Wildman–Crippen MR) is 78.5 cm³/mol. The van der Waals surface area contributed by atoms with E-state index in [2.05, 4.69) is 13.8 Å². The van der Waals surface area contributed by atoms with Crippen molar-refractivity contribution < 1.29 is 14.3 Å². The first-order chi connectivity index (χ1) is 8.58.